The van der Waals surface area contributed by atoms with Crippen molar-refractivity contribution in [3.63, 3.8) is 0 Å². The number of amides is 2. The number of imidazole rings is 1. The van der Waals surface area contributed by atoms with Crippen LogP contribution in [0.25, 0.3) is 11.0 Å². The van der Waals surface area contributed by atoms with E-state index in [9.17, 15) is 9.59 Å². The summed E-state index contributed by atoms with van der Waals surface area (Å²) in [7, 11) is 0. The molecule has 0 radical (unpaired) electrons. The molecule has 0 aliphatic carbocycles. The number of hydrogen-bond donors (Lipinski definition) is 1. The van der Waals surface area contributed by atoms with E-state index >= 15 is 0 Å². The summed E-state index contributed by atoms with van der Waals surface area (Å²) in [4.78, 5) is 31.2. The Bertz CT molecular complexity index is 998. The lowest BCUT2D eigenvalue weighted by molar-refractivity contribution is -0.130. The molecule has 1 aliphatic rings. The number of aromatic nitrogens is 2. The normalized spacial score (nSPS) is 17.6. The minimum absolute atomic E-state index is 0.0176. The summed E-state index contributed by atoms with van der Waals surface area (Å²) in [6.45, 7) is 3.88. The van der Waals surface area contributed by atoms with Crippen molar-refractivity contribution in [1.29, 1.82) is 0 Å². The molecule has 2 amide bonds. The number of rotatable bonds is 7. The number of carbonyl (C=O) groups excluding carboxylic acids is 2. The van der Waals surface area contributed by atoms with Crippen LogP contribution in [0.2, 0.25) is 0 Å². The van der Waals surface area contributed by atoms with Crippen LogP contribution < -0.4 is 5.32 Å². The van der Waals surface area contributed by atoms with E-state index in [4.69, 9.17) is 0 Å². The predicted octanol–water partition coefficient (Wildman–Crippen LogP) is 3.15. The van der Waals surface area contributed by atoms with Crippen molar-refractivity contribution in [2.75, 3.05) is 13.1 Å². The first-order valence-electron chi connectivity index (χ1n) is 10.2. The average Bonchev–Trinajstić information content (AvgIpc) is 3.35. The summed E-state index contributed by atoms with van der Waals surface area (Å²) in [6.07, 6.45) is 2.94. The minimum atomic E-state index is -0.275. The van der Waals surface area contributed by atoms with E-state index in [1.807, 2.05) is 72.7 Å². The van der Waals surface area contributed by atoms with E-state index < -0.39 is 0 Å². The summed E-state index contributed by atoms with van der Waals surface area (Å²) < 4.78 is 2.10. The van der Waals surface area contributed by atoms with Gasteiger partial charge in [0.15, 0.2) is 0 Å². The van der Waals surface area contributed by atoms with Gasteiger partial charge in [-0.25, -0.2) is 4.98 Å². The molecule has 1 saturated heterocycles. The molecule has 6 heteroatoms. The van der Waals surface area contributed by atoms with E-state index in [1.54, 1.807) is 0 Å². The molecular formula is C23H26N4O2. The number of nitrogens with one attached hydrogen (secondary N) is 1. The van der Waals surface area contributed by atoms with Gasteiger partial charge in [0.1, 0.15) is 0 Å². The maximum atomic E-state index is 12.6. The number of fused-ring (bicyclic) bond motifs is 1. The standard InChI is InChI=1S/C23H26N4O2/c1-17(18-8-3-2-4-9-18)27-15-19(14-22(27)28)23(29)24-12-7-13-26-16-25-20-10-5-6-11-21(20)26/h2-6,8-11,16-17,19H,7,12-15H2,1H3,(H,24,29)/t17-,19-/m1/s1. The van der Waals surface area contributed by atoms with Gasteiger partial charge in [0, 0.05) is 26.1 Å². The third-order valence-electron chi connectivity index (χ3n) is 5.68. The van der Waals surface area contributed by atoms with Gasteiger partial charge in [0.2, 0.25) is 11.8 Å². The minimum Gasteiger partial charge on any atom is -0.356 e. The Balaban J connectivity index is 1.26. The van der Waals surface area contributed by atoms with Crippen LogP contribution in [-0.4, -0.2) is 39.4 Å². The third kappa shape index (κ3) is 4.16. The molecular weight excluding hydrogens is 364 g/mol. The highest BCUT2D eigenvalue weighted by molar-refractivity contribution is 5.89. The molecule has 4 rings (SSSR count). The Hall–Kier alpha value is -3.15. The van der Waals surface area contributed by atoms with Crippen molar-refractivity contribution in [3.8, 4) is 0 Å². The lowest BCUT2D eigenvalue weighted by Crippen LogP contribution is -2.34. The zero-order chi connectivity index (χ0) is 20.2. The summed E-state index contributed by atoms with van der Waals surface area (Å²) in [5.74, 6) is -0.259. The zero-order valence-corrected chi connectivity index (χ0v) is 16.6. The van der Waals surface area contributed by atoms with Gasteiger partial charge < -0.3 is 14.8 Å². The first kappa shape index (κ1) is 19.2. The molecule has 0 spiro atoms. The number of nitrogens with zero attached hydrogens (tertiary/aromatic N) is 3. The van der Waals surface area contributed by atoms with Gasteiger partial charge >= 0.3 is 0 Å². The number of aryl methyl sites for hydroxylation is 1. The van der Waals surface area contributed by atoms with Gasteiger partial charge in [0.25, 0.3) is 0 Å². The van der Waals surface area contributed by atoms with Gasteiger partial charge in [-0.1, -0.05) is 42.5 Å². The molecule has 2 aromatic carbocycles. The summed E-state index contributed by atoms with van der Waals surface area (Å²) in [5.41, 5.74) is 3.17. The van der Waals surface area contributed by atoms with E-state index in [1.165, 1.54) is 0 Å². The number of para-hydroxylation sites is 2. The van der Waals surface area contributed by atoms with Crippen LogP contribution in [-0.2, 0) is 16.1 Å². The molecule has 0 unspecified atom stereocenters. The van der Waals surface area contributed by atoms with Crippen LogP contribution in [0.5, 0.6) is 0 Å². The highest BCUT2D eigenvalue weighted by Crippen LogP contribution is 2.28. The molecule has 1 fully saturated rings. The van der Waals surface area contributed by atoms with Crippen molar-refractivity contribution >= 4 is 22.8 Å². The summed E-state index contributed by atoms with van der Waals surface area (Å²) in [6, 6.07) is 17.9. The Kier molecular flexibility index (Phi) is 5.60. The Labute approximate surface area is 170 Å². The van der Waals surface area contributed by atoms with Gasteiger partial charge in [-0.3, -0.25) is 9.59 Å². The van der Waals surface area contributed by atoms with Gasteiger partial charge in [-0.15, -0.1) is 0 Å². The van der Waals surface area contributed by atoms with E-state index in [2.05, 4.69) is 14.9 Å². The van der Waals surface area contributed by atoms with Gasteiger partial charge in [-0.05, 0) is 31.0 Å². The second-order valence-corrected chi connectivity index (χ2v) is 7.61. The SMILES string of the molecule is C[C@H](c1ccccc1)N1C[C@H](C(=O)NCCCn2cnc3ccccc32)CC1=O. The maximum Gasteiger partial charge on any atom is 0.225 e. The molecule has 1 N–H and O–H groups in total. The van der Waals surface area contributed by atoms with Crippen LogP contribution in [0.3, 0.4) is 0 Å². The van der Waals surface area contributed by atoms with Crippen molar-refractivity contribution in [2.45, 2.75) is 32.4 Å². The zero-order valence-electron chi connectivity index (χ0n) is 16.6. The molecule has 3 aromatic rings. The van der Waals surface area contributed by atoms with Crippen LogP contribution in [0, 0.1) is 5.92 Å². The molecule has 29 heavy (non-hydrogen) atoms. The molecule has 0 saturated carbocycles. The molecule has 1 aliphatic heterocycles. The van der Waals surface area contributed by atoms with Gasteiger partial charge in [0.05, 0.1) is 29.3 Å². The number of carbonyl (C=O) groups is 2. The molecule has 6 nitrogen and oxygen atoms in total. The first-order valence-corrected chi connectivity index (χ1v) is 10.2. The fourth-order valence-electron chi connectivity index (χ4n) is 3.99. The molecule has 2 atom stereocenters. The highest BCUT2D eigenvalue weighted by Gasteiger charge is 2.36. The number of likely N-dealkylation sites (tertiary alicyclic amines) is 1. The van der Waals surface area contributed by atoms with Crippen molar-refractivity contribution in [2.24, 2.45) is 5.92 Å². The Morgan fingerprint density at radius 3 is 2.76 bits per heavy atom. The van der Waals surface area contributed by atoms with Crippen LogP contribution >= 0.6 is 0 Å². The number of hydrogen-bond acceptors (Lipinski definition) is 3. The highest BCUT2D eigenvalue weighted by atomic mass is 16.2. The van der Waals surface area contributed by atoms with Crippen LogP contribution in [0.1, 0.15) is 31.4 Å². The lowest BCUT2D eigenvalue weighted by atomic mass is 10.1. The monoisotopic (exact) mass is 390 g/mol. The fraction of sp³-hybridized carbons (Fsp3) is 0.348. The molecule has 150 valence electrons. The largest absolute Gasteiger partial charge is 0.356 e. The fourth-order valence-corrected chi connectivity index (χ4v) is 3.99. The Morgan fingerprint density at radius 2 is 1.93 bits per heavy atom. The quantitative estimate of drug-likeness (QED) is 0.630. The van der Waals surface area contributed by atoms with Crippen molar-refractivity contribution < 1.29 is 9.59 Å². The lowest BCUT2D eigenvalue weighted by Gasteiger charge is -2.25. The Morgan fingerprint density at radius 1 is 1.17 bits per heavy atom. The summed E-state index contributed by atoms with van der Waals surface area (Å²) >= 11 is 0. The topological polar surface area (TPSA) is 67.2 Å². The van der Waals surface area contributed by atoms with Crippen LogP contribution in [0.4, 0.5) is 0 Å². The van der Waals surface area contributed by atoms with Crippen molar-refractivity contribution in [1.82, 2.24) is 19.8 Å². The van der Waals surface area contributed by atoms with Crippen molar-refractivity contribution in [3.05, 3.63) is 66.5 Å². The summed E-state index contributed by atoms with van der Waals surface area (Å²) in [5, 5.41) is 3.00. The predicted molar refractivity (Wildman–Crippen MR) is 112 cm³/mol. The smallest absolute Gasteiger partial charge is 0.225 e. The average molecular weight is 390 g/mol. The van der Waals surface area contributed by atoms with Crippen LogP contribution in [0.15, 0.2) is 60.9 Å². The first-order chi connectivity index (χ1) is 14.1. The van der Waals surface area contributed by atoms with E-state index in [0.717, 1.165) is 29.6 Å². The van der Waals surface area contributed by atoms with E-state index in [-0.39, 0.29) is 30.2 Å². The molecule has 0 bridgehead atoms. The second-order valence-electron chi connectivity index (χ2n) is 7.61. The molecule has 2 heterocycles. The maximum absolute atomic E-state index is 12.6. The van der Waals surface area contributed by atoms with Gasteiger partial charge in [-0.2, -0.15) is 0 Å². The number of benzene rings is 2. The van der Waals surface area contributed by atoms with E-state index in [0.29, 0.717) is 13.1 Å². The second kappa shape index (κ2) is 8.47. The molecule has 1 aromatic heterocycles. The third-order valence-corrected chi connectivity index (χ3v) is 5.68.